The van der Waals surface area contributed by atoms with Crippen LogP contribution in [0.3, 0.4) is 0 Å². The van der Waals surface area contributed by atoms with Crippen molar-refractivity contribution in [2.45, 2.75) is 25.9 Å². The zero-order chi connectivity index (χ0) is 19.9. The third-order valence-electron chi connectivity index (χ3n) is 4.73. The van der Waals surface area contributed by atoms with E-state index in [1.54, 1.807) is 19.4 Å². The summed E-state index contributed by atoms with van der Waals surface area (Å²) in [6, 6.07) is 3.17. The molecule has 3 heterocycles. The maximum absolute atomic E-state index is 14.0. The second kappa shape index (κ2) is 11.2. The Morgan fingerprint density at radius 3 is 2.93 bits per heavy atom. The second-order valence-electron chi connectivity index (χ2n) is 6.69. The Hall–Kier alpha value is -2.02. The number of halogens is 2. The zero-order valence-corrected chi connectivity index (χ0v) is 19.3. The van der Waals surface area contributed by atoms with E-state index in [-0.39, 0.29) is 35.8 Å². The molecular weight excluding hydrogens is 490 g/mol. The first-order valence-corrected chi connectivity index (χ1v) is 9.32. The Morgan fingerprint density at radius 1 is 1.41 bits per heavy atom. The van der Waals surface area contributed by atoms with Crippen molar-refractivity contribution in [3.8, 4) is 0 Å². The van der Waals surface area contributed by atoms with Gasteiger partial charge >= 0.3 is 0 Å². The van der Waals surface area contributed by atoms with Crippen molar-refractivity contribution >= 4 is 35.8 Å². The predicted octanol–water partition coefficient (Wildman–Crippen LogP) is 1.24. The van der Waals surface area contributed by atoms with Crippen molar-refractivity contribution in [3.63, 3.8) is 0 Å². The van der Waals surface area contributed by atoms with Crippen LogP contribution in [0.25, 0.3) is 0 Å². The number of hydrogen-bond donors (Lipinski definition) is 2. The number of aromatic nitrogens is 4. The molecule has 0 bridgehead atoms. The third-order valence-corrected chi connectivity index (χ3v) is 4.73. The average Bonchev–Trinajstić information content (AvgIpc) is 3.28. The lowest BCUT2D eigenvalue weighted by Gasteiger charge is -2.20. The summed E-state index contributed by atoms with van der Waals surface area (Å²) in [6.07, 6.45) is 2.48. The fourth-order valence-corrected chi connectivity index (χ4v) is 3.04. The zero-order valence-electron chi connectivity index (χ0n) is 16.9. The molecule has 0 radical (unpaired) electrons. The van der Waals surface area contributed by atoms with Gasteiger partial charge in [0, 0.05) is 46.0 Å². The number of nitrogens with one attached hydrogen (secondary N) is 2. The lowest BCUT2D eigenvalue weighted by Crippen LogP contribution is -2.45. The van der Waals surface area contributed by atoms with Gasteiger partial charge in [-0.1, -0.05) is 0 Å². The van der Waals surface area contributed by atoms with Crippen molar-refractivity contribution in [1.29, 1.82) is 0 Å². The molecule has 0 spiro atoms. The largest absolute Gasteiger partial charge is 0.383 e. The summed E-state index contributed by atoms with van der Waals surface area (Å²) in [7, 11) is 3.58. The summed E-state index contributed by atoms with van der Waals surface area (Å²) in [5.41, 5.74) is 0. The molecule has 1 aliphatic heterocycles. The molecule has 29 heavy (non-hydrogen) atoms. The second-order valence-corrected chi connectivity index (χ2v) is 6.69. The Labute approximate surface area is 187 Å². The Balaban J connectivity index is 0.00000300. The first-order chi connectivity index (χ1) is 13.6. The molecule has 1 unspecified atom stereocenters. The number of pyridine rings is 1. The molecule has 3 rings (SSSR count). The lowest BCUT2D eigenvalue weighted by molar-refractivity contribution is 0.203. The Kier molecular flexibility index (Phi) is 9.01. The van der Waals surface area contributed by atoms with Gasteiger partial charge < -0.3 is 24.8 Å². The van der Waals surface area contributed by atoms with Crippen LogP contribution in [-0.2, 0) is 18.3 Å². The van der Waals surface area contributed by atoms with Crippen molar-refractivity contribution in [3.05, 3.63) is 35.8 Å². The predicted molar refractivity (Wildman–Crippen MR) is 120 cm³/mol. The number of methoxy groups -OCH3 is 1. The van der Waals surface area contributed by atoms with Gasteiger partial charge in [-0.2, -0.15) is 0 Å². The minimum absolute atomic E-state index is 0. The number of rotatable bonds is 7. The number of nitrogens with zero attached hydrogens (tertiary/aromatic N) is 6. The molecule has 160 valence electrons. The summed E-state index contributed by atoms with van der Waals surface area (Å²) in [6.45, 7) is 4.90. The molecule has 2 aromatic heterocycles. The molecule has 0 aliphatic carbocycles. The van der Waals surface area contributed by atoms with Crippen LogP contribution in [0.1, 0.15) is 18.1 Å². The number of aryl methyl sites for hydroxylation is 1. The fourth-order valence-electron chi connectivity index (χ4n) is 3.04. The minimum Gasteiger partial charge on any atom is -0.383 e. The Bertz CT molecular complexity index is 815. The SMILES string of the molecule is COCCNC(=NCc1nnc(C)n1C)NC1CCN(c2ncccc2F)C1.I. The van der Waals surface area contributed by atoms with E-state index in [0.717, 1.165) is 24.6 Å². The van der Waals surface area contributed by atoms with E-state index in [0.29, 0.717) is 38.0 Å². The summed E-state index contributed by atoms with van der Waals surface area (Å²) < 4.78 is 21.0. The molecule has 2 N–H and O–H groups in total. The molecule has 1 atom stereocenters. The van der Waals surface area contributed by atoms with E-state index >= 15 is 0 Å². The summed E-state index contributed by atoms with van der Waals surface area (Å²) in [5, 5.41) is 14.9. The van der Waals surface area contributed by atoms with Crippen molar-refractivity contribution < 1.29 is 9.13 Å². The smallest absolute Gasteiger partial charge is 0.192 e. The van der Waals surface area contributed by atoms with Gasteiger partial charge in [0.2, 0.25) is 0 Å². The average molecular weight is 518 g/mol. The van der Waals surface area contributed by atoms with Gasteiger partial charge in [0.1, 0.15) is 12.4 Å². The van der Waals surface area contributed by atoms with Crippen LogP contribution < -0.4 is 15.5 Å². The van der Waals surface area contributed by atoms with E-state index < -0.39 is 0 Å². The molecule has 1 saturated heterocycles. The quantitative estimate of drug-likeness (QED) is 0.247. The van der Waals surface area contributed by atoms with Crippen LogP contribution >= 0.6 is 24.0 Å². The van der Waals surface area contributed by atoms with E-state index in [2.05, 4.69) is 30.8 Å². The summed E-state index contributed by atoms with van der Waals surface area (Å²) in [5.74, 6) is 2.40. The highest BCUT2D eigenvalue weighted by molar-refractivity contribution is 14.0. The van der Waals surface area contributed by atoms with Crippen LogP contribution in [-0.4, -0.2) is 65.1 Å². The highest BCUT2D eigenvalue weighted by Gasteiger charge is 2.26. The van der Waals surface area contributed by atoms with Gasteiger partial charge in [-0.3, -0.25) is 0 Å². The van der Waals surface area contributed by atoms with Crippen LogP contribution in [0.5, 0.6) is 0 Å². The molecular formula is C18H28FIN8O. The first-order valence-electron chi connectivity index (χ1n) is 9.32. The van der Waals surface area contributed by atoms with Crippen LogP contribution in [0.2, 0.25) is 0 Å². The minimum atomic E-state index is -0.298. The van der Waals surface area contributed by atoms with Gasteiger partial charge in [-0.05, 0) is 25.5 Å². The van der Waals surface area contributed by atoms with Gasteiger partial charge in [-0.15, -0.1) is 34.2 Å². The number of hydrogen-bond acceptors (Lipinski definition) is 6. The van der Waals surface area contributed by atoms with Crippen molar-refractivity contribution in [2.24, 2.45) is 12.0 Å². The molecule has 1 fully saturated rings. The molecule has 0 amide bonds. The fraction of sp³-hybridized carbons (Fsp3) is 0.556. The monoisotopic (exact) mass is 518 g/mol. The number of ether oxygens (including phenoxy) is 1. The Morgan fingerprint density at radius 2 is 2.24 bits per heavy atom. The molecule has 0 saturated carbocycles. The van der Waals surface area contributed by atoms with E-state index in [1.807, 2.05) is 23.4 Å². The van der Waals surface area contributed by atoms with E-state index in [4.69, 9.17) is 4.74 Å². The number of anilines is 1. The number of aliphatic imine (C=N–C) groups is 1. The highest BCUT2D eigenvalue weighted by Crippen LogP contribution is 2.20. The molecule has 11 heteroatoms. The number of guanidine groups is 1. The first kappa shape index (κ1) is 23.3. The van der Waals surface area contributed by atoms with Gasteiger partial charge in [-0.25, -0.2) is 14.4 Å². The summed E-state index contributed by atoms with van der Waals surface area (Å²) in [4.78, 5) is 10.7. The van der Waals surface area contributed by atoms with Gasteiger partial charge in [0.15, 0.2) is 23.4 Å². The maximum Gasteiger partial charge on any atom is 0.192 e. The topological polar surface area (TPSA) is 92.5 Å². The van der Waals surface area contributed by atoms with Crippen LogP contribution in [0.4, 0.5) is 10.2 Å². The van der Waals surface area contributed by atoms with E-state index in [1.165, 1.54) is 6.07 Å². The highest BCUT2D eigenvalue weighted by atomic mass is 127. The van der Waals surface area contributed by atoms with Gasteiger partial charge in [0.05, 0.1) is 6.61 Å². The summed E-state index contributed by atoms with van der Waals surface area (Å²) >= 11 is 0. The molecule has 9 nitrogen and oxygen atoms in total. The van der Waals surface area contributed by atoms with Crippen LogP contribution in [0.15, 0.2) is 23.3 Å². The van der Waals surface area contributed by atoms with Crippen LogP contribution in [0, 0.1) is 12.7 Å². The molecule has 2 aromatic rings. The van der Waals surface area contributed by atoms with Crippen molar-refractivity contribution in [1.82, 2.24) is 30.4 Å². The third kappa shape index (κ3) is 6.23. The normalized spacial score (nSPS) is 16.6. The lowest BCUT2D eigenvalue weighted by atomic mass is 10.3. The van der Waals surface area contributed by atoms with E-state index in [9.17, 15) is 4.39 Å². The molecule has 0 aromatic carbocycles. The van der Waals surface area contributed by atoms with Gasteiger partial charge in [0.25, 0.3) is 0 Å². The standard InChI is InChI=1S/C18H27FN8O.HI/c1-13-24-25-16(26(13)2)11-22-18(21-8-10-28-3)23-14-6-9-27(12-14)17-15(19)5-4-7-20-17;/h4-5,7,14H,6,8-12H2,1-3H3,(H2,21,22,23);1H. The maximum atomic E-state index is 14.0. The van der Waals surface area contributed by atoms with Crippen molar-refractivity contribution in [2.75, 3.05) is 38.3 Å². The molecule has 1 aliphatic rings.